The molecule has 1 aromatic rings. The topological polar surface area (TPSA) is 58.1 Å². The zero-order chi connectivity index (χ0) is 20.2. The first-order valence-electron chi connectivity index (χ1n) is 11.3. The Labute approximate surface area is 199 Å². The normalized spacial score (nSPS) is 18.6. The number of aliphatic imine (C=N–C) groups is 1. The maximum Gasteiger partial charge on any atom is 0.191 e. The molecular formula is C23H39IN4O2. The number of ether oxygens (including phenoxy) is 2. The van der Waals surface area contributed by atoms with Crippen LogP contribution in [-0.4, -0.2) is 62.9 Å². The van der Waals surface area contributed by atoms with E-state index >= 15 is 0 Å². The molecule has 0 atom stereocenters. The van der Waals surface area contributed by atoms with Gasteiger partial charge >= 0.3 is 0 Å². The van der Waals surface area contributed by atoms with Crippen LogP contribution in [0.25, 0.3) is 0 Å². The van der Waals surface area contributed by atoms with Gasteiger partial charge in [-0.15, -0.1) is 24.0 Å². The van der Waals surface area contributed by atoms with Crippen LogP contribution in [0, 0.1) is 0 Å². The standard InChI is InChI=1S/C23H38N4O2.HI/c1-2-24-23(25-11-14-27-12-4-3-5-13-27)26-18-20-7-6-8-21(17-20)19-29-22-9-15-28-16-10-22;/h6-8,17,22H,2-5,9-16,18-19H2,1H3,(H2,24,25,26);1H. The Kier molecular flexibility index (Phi) is 12.7. The molecular weight excluding hydrogens is 491 g/mol. The van der Waals surface area contributed by atoms with Crippen molar-refractivity contribution in [1.82, 2.24) is 15.5 Å². The average Bonchev–Trinajstić information content (AvgIpc) is 2.78. The van der Waals surface area contributed by atoms with Crippen LogP contribution in [0.1, 0.15) is 50.2 Å². The Morgan fingerprint density at radius 3 is 2.67 bits per heavy atom. The number of nitrogens with zero attached hydrogens (tertiary/aromatic N) is 2. The zero-order valence-corrected chi connectivity index (χ0v) is 20.7. The summed E-state index contributed by atoms with van der Waals surface area (Å²) >= 11 is 0. The van der Waals surface area contributed by atoms with Crippen molar-refractivity contribution in [3.8, 4) is 0 Å². The monoisotopic (exact) mass is 530 g/mol. The number of rotatable bonds is 9. The molecule has 0 aliphatic carbocycles. The molecule has 2 aliphatic heterocycles. The molecule has 6 nitrogen and oxygen atoms in total. The maximum atomic E-state index is 6.05. The van der Waals surface area contributed by atoms with E-state index in [1.54, 1.807) is 0 Å². The number of benzene rings is 1. The van der Waals surface area contributed by atoms with Crippen molar-refractivity contribution >= 4 is 29.9 Å². The lowest BCUT2D eigenvalue weighted by Crippen LogP contribution is -2.42. The number of halogens is 1. The summed E-state index contributed by atoms with van der Waals surface area (Å²) in [5.41, 5.74) is 2.43. The maximum absolute atomic E-state index is 6.05. The quantitative estimate of drug-likeness (QED) is 0.291. The van der Waals surface area contributed by atoms with Gasteiger partial charge < -0.3 is 25.0 Å². The molecule has 2 heterocycles. The van der Waals surface area contributed by atoms with E-state index in [0.717, 1.165) is 51.6 Å². The molecule has 0 amide bonds. The van der Waals surface area contributed by atoms with Crippen LogP contribution in [0.3, 0.4) is 0 Å². The van der Waals surface area contributed by atoms with Crippen molar-refractivity contribution in [3.63, 3.8) is 0 Å². The molecule has 2 N–H and O–H groups in total. The molecule has 7 heteroatoms. The molecule has 30 heavy (non-hydrogen) atoms. The van der Waals surface area contributed by atoms with Crippen LogP contribution >= 0.6 is 24.0 Å². The molecule has 2 fully saturated rings. The highest BCUT2D eigenvalue weighted by Gasteiger charge is 2.14. The molecule has 2 saturated heterocycles. The van der Waals surface area contributed by atoms with E-state index < -0.39 is 0 Å². The van der Waals surface area contributed by atoms with Gasteiger partial charge in [0.15, 0.2) is 5.96 Å². The van der Waals surface area contributed by atoms with Crippen LogP contribution in [0.5, 0.6) is 0 Å². The minimum atomic E-state index is 0. The fourth-order valence-electron chi connectivity index (χ4n) is 3.90. The largest absolute Gasteiger partial charge is 0.381 e. The summed E-state index contributed by atoms with van der Waals surface area (Å²) in [4.78, 5) is 7.32. The van der Waals surface area contributed by atoms with Gasteiger partial charge in [-0.1, -0.05) is 30.7 Å². The van der Waals surface area contributed by atoms with Gasteiger partial charge in [-0.2, -0.15) is 0 Å². The average molecular weight is 530 g/mol. The fourth-order valence-corrected chi connectivity index (χ4v) is 3.90. The Morgan fingerprint density at radius 2 is 1.90 bits per heavy atom. The summed E-state index contributed by atoms with van der Waals surface area (Å²) in [6, 6.07) is 8.58. The molecule has 3 rings (SSSR count). The number of nitrogens with one attached hydrogen (secondary N) is 2. The Bertz CT molecular complexity index is 617. The number of piperidine rings is 1. The van der Waals surface area contributed by atoms with Crippen molar-refractivity contribution in [2.45, 2.75) is 58.3 Å². The first-order chi connectivity index (χ1) is 14.3. The minimum Gasteiger partial charge on any atom is -0.381 e. The Morgan fingerprint density at radius 1 is 1.13 bits per heavy atom. The highest BCUT2D eigenvalue weighted by Crippen LogP contribution is 2.14. The van der Waals surface area contributed by atoms with E-state index in [9.17, 15) is 0 Å². The Hall–Kier alpha value is -0.900. The zero-order valence-electron chi connectivity index (χ0n) is 18.4. The van der Waals surface area contributed by atoms with Gasteiger partial charge in [-0.3, -0.25) is 0 Å². The van der Waals surface area contributed by atoms with Crippen LogP contribution in [0.2, 0.25) is 0 Å². The van der Waals surface area contributed by atoms with E-state index in [0.29, 0.717) is 19.3 Å². The second kappa shape index (κ2) is 15.0. The van der Waals surface area contributed by atoms with Gasteiger partial charge in [0, 0.05) is 32.8 Å². The van der Waals surface area contributed by atoms with Crippen molar-refractivity contribution in [2.75, 3.05) is 45.9 Å². The van der Waals surface area contributed by atoms with Crippen molar-refractivity contribution in [2.24, 2.45) is 4.99 Å². The second-order valence-electron chi connectivity index (χ2n) is 7.97. The molecule has 0 bridgehead atoms. The van der Waals surface area contributed by atoms with Crippen molar-refractivity contribution in [1.29, 1.82) is 0 Å². The summed E-state index contributed by atoms with van der Waals surface area (Å²) in [6.07, 6.45) is 6.38. The third-order valence-corrected chi connectivity index (χ3v) is 5.58. The van der Waals surface area contributed by atoms with Crippen LogP contribution in [-0.2, 0) is 22.6 Å². The molecule has 0 spiro atoms. The fraction of sp³-hybridized carbons (Fsp3) is 0.696. The minimum absolute atomic E-state index is 0. The number of guanidine groups is 1. The third-order valence-electron chi connectivity index (χ3n) is 5.58. The Balaban J connectivity index is 0.00000320. The van der Waals surface area contributed by atoms with E-state index in [-0.39, 0.29) is 24.0 Å². The number of hydrogen-bond acceptors (Lipinski definition) is 4. The molecule has 0 radical (unpaired) electrons. The first kappa shape index (κ1) is 25.4. The first-order valence-corrected chi connectivity index (χ1v) is 11.3. The number of likely N-dealkylation sites (tertiary alicyclic amines) is 1. The summed E-state index contributed by atoms with van der Waals surface area (Å²) in [6.45, 7) is 10.4. The smallest absolute Gasteiger partial charge is 0.191 e. The van der Waals surface area contributed by atoms with E-state index in [1.807, 2.05) is 0 Å². The molecule has 0 unspecified atom stereocenters. The summed E-state index contributed by atoms with van der Waals surface area (Å²) in [7, 11) is 0. The van der Waals surface area contributed by atoms with Gasteiger partial charge in [0.1, 0.15) is 0 Å². The van der Waals surface area contributed by atoms with Gasteiger partial charge in [0.05, 0.1) is 19.3 Å². The van der Waals surface area contributed by atoms with Gasteiger partial charge in [0.25, 0.3) is 0 Å². The highest BCUT2D eigenvalue weighted by atomic mass is 127. The molecule has 0 aromatic heterocycles. The summed E-state index contributed by atoms with van der Waals surface area (Å²) in [5.74, 6) is 0.897. The third kappa shape index (κ3) is 9.49. The highest BCUT2D eigenvalue weighted by molar-refractivity contribution is 14.0. The van der Waals surface area contributed by atoms with Crippen LogP contribution in [0.4, 0.5) is 0 Å². The van der Waals surface area contributed by atoms with Gasteiger partial charge in [0.2, 0.25) is 0 Å². The van der Waals surface area contributed by atoms with E-state index in [2.05, 4.69) is 46.7 Å². The lowest BCUT2D eigenvalue weighted by molar-refractivity contribution is -0.0390. The van der Waals surface area contributed by atoms with E-state index in [1.165, 1.54) is 43.5 Å². The van der Waals surface area contributed by atoms with Gasteiger partial charge in [-0.25, -0.2) is 4.99 Å². The summed E-state index contributed by atoms with van der Waals surface area (Å²) < 4.78 is 11.5. The van der Waals surface area contributed by atoms with Crippen molar-refractivity contribution in [3.05, 3.63) is 35.4 Å². The van der Waals surface area contributed by atoms with E-state index in [4.69, 9.17) is 14.5 Å². The lowest BCUT2D eigenvalue weighted by atomic mass is 10.1. The molecule has 1 aromatic carbocycles. The van der Waals surface area contributed by atoms with Crippen molar-refractivity contribution < 1.29 is 9.47 Å². The molecule has 2 aliphatic rings. The second-order valence-corrected chi connectivity index (χ2v) is 7.97. The molecule has 0 saturated carbocycles. The van der Waals surface area contributed by atoms with Gasteiger partial charge in [-0.05, 0) is 56.8 Å². The SMILES string of the molecule is CCNC(=NCc1cccc(COC2CCOCC2)c1)NCCN1CCCCC1.I. The predicted octanol–water partition coefficient (Wildman–Crippen LogP) is 3.54. The van der Waals surface area contributed by atoms with Crippen LogP contribution in [0.15, 0.2) is 29.3 Å². The lowest BCUT2D eigenvalue weighted by Gasteiger charge is -2.26. The summed E-state index contributed by atoms with van der Waals surface area (Å²) in [5, 5.41) is 6.84. The predicted molar refractivity (Wildman–Crippen MR) is 134 cm³/mol. The van der Waals surface area contributed by atoms with Crippen LogP contribution < -0.4 is 10.6 Å². The molecule has 170 valence electrons. The number of hydrogen-bond donors (Lipinski definition) is 2.